The van der Waals surface area contributed by atoms with E-state index in [-0.39, 0.29) is 33.4 Å². The minimum atomic E-state index is -0.289. The van der Waals surface area contributed by atoms with Crippen molar-refractivity contribution in [3.8, 4) is 11.5 Å². The summed E-state index contributed by atoms with van der Waals surface area (Å²) in [7, 11) is 0. The van der Waals surface area contributed by atoms with Crippen LogP contribution in [0.5, 0.6) is 11.5 Å². The summed E-state index contributed by atoms with van der Waals surface area (Å²) < 4.78 is 0.380. The van der Waals surface area contributed by atoms with Crippen molar-refractivity contribution in [2.24, 2.45) is 5.41 Å². The second-order valence-corrected chi connectivity index (χ2v) is 7.84. The Hall–Kier alpha value is -0.900. The molecule has 0 bridgehead atoms. The molecule has 0 saturated heterocycles. The molecule has 0 saturated carbocycles. The van der Waals surface area contributed by atoms with Crippen LogP contribution >= 0.6 is 15.9 Å². The van der Waals surface area contributed by atoms with Gasteiger partial charge in [-0.3, -0.25) is 0 Å². The minimum absolute atomic E-state index is 0.0864. The monoisotopic (exact) mass is 327 g/mol. The van der Waals surface area contributed by atoms with Crippen LogP contribution in [0.2, 0.25) is 0 Å². The summed E-state index contributed by atoms with van der Waals surface area (Å²) in [6, 6.07) is 0. The molecule has 0 radical (unpaired) electrons. The van der Waals surface area contributed by atoms with E-state index in [1.54, 1.807) is 0 Å². The molecule has 106 valence electrons. The molecule has 0 unspecified atom stereocenters. The van der Waals surface area contributed by atoms with Gasteiger partial charge < -0.3 is 15.9 Å². The van der Waals surface area contributed by atoms with Crippen molar-refractivity contribution in [2.75, 3.05) is 5.73 Å². The van der Waals surface area contributed by atoms with E-state index >= 15 is 0 Å². The van der Waals surface area contributed by atoms with Gasteiger partial charge in [0.15, 0.2) is 0 Å². The summed E-state index contributed by atoms with van der Waals surface area (Å²) in [5.74, 6) is 0.234. The summed E-state index contributed by atoms with van der Waals surface area (Å²) in [4.78, 5) is 0. The van der Waals surface area contributed by atoms with Crippen LogP contribution in [0.25, 0.3) is 0 Å². The third-order valence-electron chi connectivity index (χ3n) is 5.80. The van der Waals surface area contributed by atoms with Crippen LogP contribution in [0.3, 0.4) is 0 Å². The molecule has 0 heterocycles. The van der Waals surface area contributed by atoms with Gasteiger partial charge in [-0.15, -0.1) is 0 Å². The van der Waals surface area contributed by atoms with Crippen LogP contribution < -0.4 is 5.73 Å². The lowest BCUT2D eigenvalue weighted by Crippen LogP contribution is -2.42. The molecule has 0 amide bonds. The van der Waals surface area contributed by atoms with Gasteiger partial charge in [0, 0.05) is 11.1 Å². The summed E-state index contributed by atoms with van der Waals surface area (Å²) in [6.45, 7) is 12.7. The van der Waals surface area contributed by atoms with E-state index < -0.39 is 0 Å². The van der Waals surface area contributed by atoms with Crippen LogP contribution in [-0.2, 0) is 10.8 Å². The fourth-order valence-electron chi connectivity index (χ4n) is 3.34. The van der Waals surface area contributed by atoms with Gasteiger partial charge in [0.2, 0.25) is 0 Å². The van der Waals surface area contributed by atoms with E-state index in [9.17, 15) is 10.2 Å². The zero-order valence-corrected chi connectivity index (χ0v) is 13.9. The molecule has 0 aliphatic heterocycles. The van der Waals surface area contributed by atoms with Crippen molar-refractivity contribution in [1.82, 2.24) is 0 Å². The van der Waals surface area contributed by atoms with Crippen molar-refractivity contribution in [3.05, 3.63) is 15.6 Å². The Morgan fingerprint density at radius 3 is 1.63 bits per heavy atom. The van der Waals surface area contributed by atoms with Gasteiger partial charge in [0.25, 0.3) is 0 Å². The smallest absolute Gasteiger partial charge is 0.143 e. The van der Waals surface area contributed by atoms with Gasteiger partial charge in [0.05, 0.1) is 10.2 Å². The van der Waals surface area contributed by atoms with Gasteiger partial charge in [-0.05, 0) is 32.2 Å². The first-order valence-corrected chi connectivity index (χ1v) is 7.22. The lowest BCUT2D eigenvalue weighted by molar-refractivity contribution is 0.123. The Kier molecular flexibility index (Phi) is 2.75. The Morgan fingerprint density at radius 1 is 0.842 bits per heavy atom. The molecule has 4 N–H and O–H groups in total. The summed E-state index contributed by atoms with van der Waals surface area (Å²) >= 11 is 3.28. The van der Waals surface area contributed by atoms with Crippen molar-refractivity contribution < 1.29 is 10.2 Å². The molecule has 2 rings (SSSR count). The fraction of sp³-hybridized carbons (Fsp3) is 0.600. The first-order chi connectivity index (χ1) is 8.39. The summed E-state index contributed by atoms with van der Waals surface area (Å²) in [5, 5.41) is 20.9. The maximum Gasteiger partial charge on any atom is 0.143 e. The third-order valence-corrected chi connectivity index (χ3v) is 6.60. The van der Waals surface area contributed by atoms with Crippen LogP contribution in [-0.4, -0.2) is 10.2 Å². The molecule has 1 aromatic carbocycles. The topological polar surface area (TPSA) is 66.5 Å². The summed E-state index contributed by atoms with van der Waals surface area (Å²) in [6.07, 6.45) is 0. The zero-order chi connectivity index (χ0) is 15.0. The quantitative estimate of drug-likeness (QED) is 0.382. The molecule has 1 aliphatic rings. The van der Waals surface area contributed by atoms with Crippen molar-refractivity contribution in [2.45, 2.75) is 52.4 Å². The molecule has 1 aromatic rings. The van der Waals surface area contributed by atoms with Crippen molar-refractivity contribution in [1.29, 1.82) is 0 Å². The van der Waals surface area contributed by atoms with Gasteiger partial charge in [-0.1, -0.05) is 41.5 Å². The van der Waals surface area contributed by atoms with Crippen LogP contribution in [0.1, 0.15) is 52.7 Å². The van der Waals surface area contributed by atoms with E-state index in [2.05, 4.69) is 57.5 Å². The highest BCUT2D eigenvalue weighted by molar-refractivity contribution is 9.10. The number of phenols is 2. The molecule has 4 heteroatoms. The van der Waals surface area contributed by atoms with Gasteiger partial charge in [0.1, 0.15) is 11.5 Å². The second-order valence-electron chi connectivity index (χ2n) is 7.05. The van der Waals surface area contributed by atoms with Gasteiger partial charge in [-0.25, -0.2) is 0 Å². The molecule has 3 nitrogen and oxygen atoms in total. The summed E-state index contributed by atoms with van der Waals surface area (Å²) in [5.41, 5.74) is 6.96. The number of hydrogen-bond donors (Lipinski definition) is 3. The number of rotatable bonds is 0. The van der Waals surface area contributed by atoms with Gasteiger partial charge in [-0.2, -0.15) is 0 Å². The number of nitrogens with two attached hydrogens (primary N) is 1. The Bertz CT molecular complexity index is 525. The molecule has 0 fully saturated rings. The molecule has 0 aromatic heterocycles. The minimum Gasteiger partial charge on any atom is -0.506 e. The van der Waals surface area contributed by atoms with Crippen molar-refractivity contribution in [3.63, 3.8) is 0 Å². The molecular weight excluding hydrogens is 306 g/mol. The number of halogens is 1. The number of nitrogen functional groups attached to an aromatic ring is 1. The maximum absolute atomic E-state index is 10.5. The third kappa shape index (κ3) is 1.38. The number of phenolic OH excluding ortho intramolecular Hbond substituents is 2. The normalized spacial score (nSPS) is 22.3. The SMILES string of the molecule is CC1(C)c2c(O)c(N)c(Br)c(O)c2C(C)(C)C1(C)C. The predicted octanol–water partition coefficient (Wildman–Crippen LogP) is 4.04. The Morgan fingerprint density at radius 2 is 1.21 bits per heavy atom. The number of anilines is 1. The first-order valence-electron chi connectivity index (χ1n) is 6.42. The molecule has 19 heavy (non-hydrogen) atoms. The fourth-order valence-corrected chi connectivity index (χ4v) is 3.72. The number of fused-ring (bicyclic) bond motifs is 1. The van der Waals surface area contributed by atoms with E-state index in [1.165, 1.54) is 0 Å². The highest BCUT2D eigenvalue weighted by Crippen LogP contribution is 2.67. The number of benzene rings is 1. The van der Waals surface area contributed by atoms with E-state index in [4.69, 9.17) is 5.73 Å². The Balaban J connectivity index is 3.02. The molecule has 0 atom stereocenters. The van der Waals surface area contributed by atoms with Crippen molar-refractivity contribution >= 4 is 21.6 Å². The second kappa shape index (κ2) is 3.60. The highest BCUT2D eigenvalue weighted by Gasteiger charge is 2.59. The average Bonchev–Trinajstić information content (AvgIpc) is 2.39. The standard InChI is InChI=1S/C15H22BrNO2/c1-13(2)7-8(14(3,4)15(13,5)6)12(19)10(17)9(16)11(7)18/h18-19H,17H2,1-6H3. The van der Waals surface area contributed by atoms with E-state index in [1.807, 2.05) is 0 Å². The van der Waals surface area contributed by atoms with Crippen LogP contribution in [0, 0.1) is 5.41 Å². The van der Waals surface area contributed by atoms with E-state index in [0.717, 1.165) is 11.1 Å². The molecule has 0 spiro atoms. The average molecular weight is 328 g/mol. The predicted molar refractivity (Wildman–Crippen MR) is 81.7 cm³/mol. The maximum atomic E-state index is 10.5. The van der Waals surface area contributed by atoms with E-state index in [0.29, 0.717) is 4.47 Å². The van der Waals surface area contributed by atoms with Crippen LogP contribution in [0.4, 0.5) is 5.69 Å². The number of aromatic hydroxyl groups is 2. The zero-order valence-electron chi connectivity index (χ0n) is 12.3. The first kappa shape index (κ1) is 14.5. The highest BCUT2D eigenvalue weighted by atomic mass is 79.9. The lowest BCUT2D eigenvalue weighted by atomic mass is 9.59. The lowest BCUT2D eigenvalue weighted by Gasteiger charge is -2.44. The molecule has 1 aliphatic carbocycles. The van der Waals surface area contributed by atoms with Gasteiger partial charge >= 0.3 is 0 Å². The molecular formula is C15H22BrNO2. The Labute approximate surface area is 123 Å². The van der Waals surface area contributed by atoms with Crippen LogP contribution in [0.15, 0.2) is 4.47 Å². The largest absolute Gasteiger partial charge is 0.506 e. The number of hydrogen-bond acceptors (Lipinski definition) is 3.